The fraction of sp³-hybridized carbons (Fsp3) is 0.571. The highest BCUT2D eigenvalue weighted by atomic mass is 19.1. The molecular formula is C14H21F. The Morgan fingerprint density at radius 2 is 1.73 bits per heavy atom. The van der Waals surface area contributed by atoms with E-state index in [0.29, 0.717) is 5.92 Å². The lowest BCUT2D eigenvalue weighted by atomic mass is 9.93. The van der Waals surface area contributed by atoms with Crippen LogP contribution in [0.3, 0.4) is 0 Å². The molecule has 0 radical (unpaired) electrons. The second kappa shape index (κ2) is 4.78. The number of rotatable bonds is 3. The van der Waals surface area contributed by atoms with Crippen LogP contribution >= 0.6 is 0 Å². The zero-order chi connectivity index (χ0) is 11.6. The van der Waals surface area contributed by atoms with Crippen LogP contribution in [-0.4, -0.2) is 0 Å². The molecule has 0 saturated carbocycles. The van der Waals surface area contributed by atoms with Gasteiger partial charge in [0.15, 0.2) is 0 Å². The smallest absolute Gasteiger partial charge is 0.126 e. The summed E-state index contributed by atoms with van der Waals surface area (Å²) in [6.45, 7) is 10.4. The number of halogens is 1. The molecule has 0 fully saturated rings. The van der Waals surface area contributed by atoms with Crippen molar-refractivity contribution in [2.45, 2.75) is 47.0 Å². The Morgan fingerprint density at radius 1 is 1.13 bits per heavy atom. The van der Waals surface area contributed by atoms with Crippen molar-refractivity contribution in [3.63, 3.8) is 0 Å². The molecule has 84 valence electrons. The lowest BCUT2D eigenvalue weighted by molar-refractivity contribution is 0.587. The Kier molecular flexibility index (Phi) is 3.90. The lowest BCUT2D eigenvalue weighted by Crippen LogP contribution is -2.01. The van der Waals surface area contributed by atoms with Crippen LogP contribution in [0.2, 0.25) is 0 Å². The number of benzene rings is 1. The zero-order valence-electron chi connectivity index (χ0n) is 10.4. The molecule has 1 rings (SSSR count). The molecule has 0 spiro atoms. The van der Waals surface area contributed by atoms with Gasteiger partial charge in [0, 0.05) is 0 Å². The summed E-state index contributed by atoms with van der Waals surface area (Å²) < 4.78 is 13.7. The first kappa shape index (κ1) is 12.2. The van der Waals surface area contributed by atoms with Gasteiger partial charge in [0.25, 0.3) is 0 Å². The largest absolute Gasteiger partial charge is 0.207 e. The van der Waals surface area contributed by atoms with E-state index in [1.165, 1.54) is 5.56 Å². The molecule has 1 heteroatoms. The SMILES string of the molecule is Cc1cc(C(C)C)c(F)cc1CC(C)C. The second-order valence-corrected chi connectivity index (χ2v) is 5.05. The highest BCUT2D eigenvalue weighted by Crippen LogP contribution is 2.23. The minimum Gasteiger partial charge on any atom is -0.207 e. The third-order valence-corrected chi connectivity index (χ3v) is 2.71. The molecule has 0 saturated heterocycles. The van der Waals surface area contributed by atoms with E-state index in [9.17, 15) is 4.39 Å². The van der Waals surface area contributed by atoms with Gasteiger partial charge in [-0.1, -0.05) is 33.8 Å². The van der Waals surface area contributed by atoms with Crippen LogP contribution in [0, 0.1) is 18.7 Å². The minimum absolute atomic E-state index is 0.0498. The molecule has 0 aliphatic heterocycles. The fourth-order valence-electron chi connectivity index (χ4n) is 1.85. The van der Waals surface area contributed by atoms with Crippen molar-refractivity contribution in [2.75, 3.05) is 0 Å². The molecule has 0 amide bonds. The van der Waals surface area contributed by atoms with Crippen LogP contribution in [0.5, 0.6) is 0 Å². The molecular weight excluding hydrogens is 187 g/mol. The summed E-state index contributed by atoms with van der Waals surface area (Å²) >= 11 is 0. The van der Waals surface area contributed by atoms with Gasteiger partial charge in [-0.2, -0.15) is 0 Å². The van der Waals surface area contributed by atoms with E-state index >= 15 is 0 Å². The van der Waals surface area contributed by atoms with E-state index in [-0.39, 0.29) is 11.7 Å². The van der Waals surface area contributed by atoms with Crippen molar-refractivity contribution in [3.05, 3.63) is 34.6 Å². The van der Waals surface area contributed by atoms with Gasteiger partial charge in [0.05, 0.1) is 0 Å². The van der Waals surface area contributed by atoms with Gasteiger partial charge in [0.1, 0.15) is 5.82 Å². The summed E-state index contributed by atoms with van der Waals surface area (Å²) in [7, 11) is 0. The second-order valence-electron chi connectivity index (χ2n) is 5.05. The first-order valence-corrected chi connectivity index (χ1v) is 5.70. The van der Waals surface area contributed by atoms with Gasteiger partial charge in [-0.3, -0.25) is 0 Å². The molecule has 1 aromatic carbocycles. The Morgan fingerprint density at radius 3 is 2.20 bits per heavy atom. The van der Waals surface area contributed by atoms with Crippen molar-refractivity contribution >= 4 is 0 Å². The molecule has 0 bridgehead atoms. The Balaban J connectivity index is 3.08. The number of hydrogen-bond acceptors (Lipinski definition) is 0. The number of aryl methyl sites for hydroxylation is 1. The molecule has 0 atom stereocenters. The van der Waals surface area contributed by atoms with Gasteiger partial charge in [-0.05, 0) is 47.9 Å². The highest BCUT2D eigenvalue weighted by molar-refractivity contribution is 5.34. The monoisotopic (exact) mass is 208 g/mol. The van der Waals surface area contributed by atoms with Crippen molar-refractivity contribution < 1.29 is 4.39 Å². The van der Waals surface area contributed by atoms with Crippen molar-refractivity contribution in [1.29, 1.82) is 0 Å². The molecule has 15 heavy (non-hydrogen) atoms. The molecule has 0 heterocycles. The third-order valence-electron chi connectivity index (χ3n) is 2.71. The Bertz CT molecular complexity index is 337. The fourth-order valence-corrected chi connectivity index (χ4v) is 1.85. The van der Waals surface area contributed by atoms with E-state index in [1.54, 1.807) is 6.07 Å². The maximum Gasteiger partial charge on any atom is 0.126 e. The first-order chi connectivity index (χ1) is 6.91. The normalized spacial score (nSPS) is 11.5. The number of hydrogen-bond donors (Lipinski definition) is 0. The summed E-state index contributed by atoms with van der Waals surface area (Å²) in [4.78, 5) is 0. The maximum atomic E-state index is 13.7. The highest BCUT2D eigenvalue weighted by Gasteiger charge is 2.10. The molecule has 0 aliphatic rings. The van der Waals surface area contributed by atoms with Gasteiger partial charge in [-0.15, -0.1) is 0 Å². The standard InChI is InChI=1S/C14H21F/c1-9(2)6-12-8-14(15)13(10(3)4)7-11(12)5/h7-10H,6H2,1-5H3. The van der Waals surface area contributed by atoms with Crippen molar-refractivity contribution in [3.8, 4) is 0 Å². The van der Waals surface area contributed by atoms with E-state index in [2.05, 4.69) is 20.8 Å². The summed E-state index contributed by atoms with van der Waals surface area (Å²) in [5.74, 6) is 0.788. The van der Waals surface area contributed by atoms with E-state index in [0.717, 1.165) is 17.5 Å². The molecule has 0 aromatic heterocycles. The molecule has 0 N–H and O–H groups in total. The van der Waals surface area contributed by atoms with Crippen molar-refractivity contribution in [2.24, 2.45) is 5.92 Å². The van der Waals surface area contributed by atoms with E-state index < -0.39 is 0 Å². The molecule has 1 aromatic rings. The van der Waals surface area contributed by atoms with Gasteiger partial charge in [0.2, 0.25) is 0 Å². The van der Waals surface area contributed by atoms with Gasteiger partial charge < -0.3 is 0 Å². The Labute approximate surface area is 92.5 Å². The van der Waals surface area contributed by atoms with Crippen LogP contribution in [0.1, 0.15) is 50.3 Å². The van der Waals surface area contributed by atoms with Crippen LogP contribution in [0.15, 0.2) is 12.1 Å². The molecule has 0 unspecified atom stereocenters. The van der Waals surface area contributed by atoms with Crippen LogP contribution in [0.25, 0.3) is 0 Å². The van der Waals surface area contributed by atoms with Gasteiger partial charge >= 0.3 is 0 Å². The predicted octanol–water partition coefficient (Wildman–Crippen LogP) is 4.46. The first-order valence-electron chi connectivity index (χ1n) is 5.70. The lowest BCUT2D eigenvalue weighted by Gasteiger charge is -2.13. The summed E-state index contributed by atoms with van der Waals surface area (Å²) in [6, 6.07) is 3.71. The average molecular weight is 208 g/mol. The summed E-state index contributed by atoms with van der Waals surface area (Å²) in [5.41, 5.74) is 3.20. The van der Waals surface area contributed by atoms with Crippen molar-refractivity contribution in [1.82, 2.24) is 0 Å². The minimum atomic E-state index is -0.0498. The predicted molar refractivity (Wildman–Crippen MR) is 63.8 cm³/mol. The van der Waals surface area contributed by atoms with E-state index in [4.69, 9.17) is 0 Å². The summed E-state index contributed by atoms with van der Waals surface area (Å²) in [6.07, 6.45) is 0.959. The third kappa shape index (κ3) is 3.05. The molecule has 0 aliphatic carbocycles. The Hall–Kier alpha value is -0.850. The van der Waals surface area contributed by atoms with Crippen LogP contribution in [0.4, 0.5) is 4.39 Å². The summed E-state index contributed by atoms with van der Waals surface area (Å²) in [5, 5.41) is 0. The van der Waals surface area contributed by atoms with Gasteiger partial charge in [-0.25, -0.2) is 4.39 Å². The maximum absolute atomic E-state index is 13.7. The zero-order valence-corrected chi connectivity index (χ0v) is 10.4. The quantitative estimate of drug-likeness (QED) is 0.688. The van der Waals surface area contributed by atoms with Crippen LogP contribution < -0.4 is 0 Å². The average Bonchev–Trinajstić information content (AvgIpc) is 2.09. The van der Waals surface area contributed by atoms with Crippen LogP contribution in [-0.2, 0) is 6.42 Å². The topological polar surface area (TPSA) is 0 Å². The molecule has 0 nitrogen and oxygen atoms in total. The van der Waals surface area contributed by atoms with E-state index in [1.807, 2.05) is 19.9 Å².